The van der Waals surface area contributed by atoms with Crippen molar-refractivity contribution in [2.45, 2.75) is 6.54 Å². The highest BCUT2D eigenvalue weighted by Gasteiger charge is 2.07. The molecule has 0 atom stereocenters. The molecule has 18 heavy (non-hydrogen) atoms. The first-order valence-corrected chi connectivity index (χ1v) is 6.37. The van der Waals surface area contributed by atoms with E-state index in [4.69, 9.17) is 11.6 Å². The summed E-state index contributed by atoms with van der Waals surface area (Å²) in [4.78, 5) is 0. The number of nitrogens with one attached hydrogen (secondary N) is 1. The van der Waals surface area contributed by atoms with Gasteiger partial charge in [0.1, 0.15) is 11.6 Å². The molecule has 0 saturated carbocycles. The maximum Gasteiger partial charge on any atom is 0.147 e. The van der Waals surface area contributed by atoms with Gasteiger partial charge in [-0.25, -0.2) is 8.78 Å². The van der Waals surface area contributed by atoms with Crippen LogP contribution in [0.15, 0.2) is 40.9 Å². The Bertz CT molecular complexity index is 555. The minimum Gasteiger partial charge on any atom is -0.378 e. The summed E-state index contributed by atoms with van der Waals surface area (Å²) in [6.45, 7) is 0.318. The fraction of sp³-hybridized carbons (Fsp3) is 0.0769. The number of hydrogen-bond donors (Lipinski definition) is 1. The van der Waals surface area contributed by atoms with Crippen LogP contribution in [0.2, 0.25) is 5.02 Å². The van der Waals surface area contributed by atoms with Gasteiger partial charge < -0.3 is 5.32 Å². The fourth-order valence-electron chi connectivity index (χ4n) is 1.52. The predicted molar refractivity (Wildman–Crippen MR) is 72.8 cm³/mol. The number of benzene rings is 2. The van der Waals surface area contributed by atoms with Crippen LogP contribution >= 0.6 is 27.5 Å². The molecule has 2 aromatic rings. The average molecular weight is 333 g/mol. The van der Waals surface area contributed by atoms with E-state index in [0.717, 1.165) is 0 Å². The SMILES string of the molecule is Fc1ccc(CNc2c(F)cccc2Br)c(Cl)c1. The molecule has 0 aliphatic heterocycles. The molecular formula is C13H9BrClF2N. The Morgan fingerprint density at radius 2 is 1.94 bits per heavy atom. The highest BCUT2D eigenvalue weighted by atomic mass is 79.9. The molecule has 0 saturated heterocycles. The summed E-state index contributed by atoms with van der Waals surface area (Å²) in [6.07, 6.45) is 0. The topological polar surface area (TPSA) is 12.0 Å². The van der Waals surface area contributed by atoms with Crippen molar-refractivity contribution in [3.63, 3.8) is 0 Å². The van der Waals surface area contributed by atoms with Crippen molar-refractivity contribution < 1.29 is 8.78 Å². The molecule has 0 heterocycles. The van der Waals surface area contributed by atoms with Gasteiger partial charge in [0.05, 0.1) is 5.69 Å². The van der Waals surface area contributed by atoms with Gasteiger partial charge in [0.25, 0.3) is 0 Å². The van der Waals surface area contributed by atoms with Gasteiger partial charge in [0.15, 0.2) is 0 Å². The maximum absolute atomic E-state index is 13.5. The smallest absolute Gasteiger partial charge is 0.147 e. The minimum atomic E-state index is -0.393. The second-order valence-electron chi connectivity index (χ2n) is 3.69. The van der Waals surface area contributed by atoms with Gasteiger partial charge in [0.2, 0.25) is 0 Å². The Morgan fingerprint density at radius 3 is 2.61 bits per heavy atom. The first-order chi connectivity index (χ1) is 8.58. The Morgan fingerprint density at radius 1 is 1.17 bits per heavy atom. The molecule has 0 aromatic heterocycles. The number of rotatable bonds is 3. The summed E-state index contributed by atoms with van der Waals surface area (Å²) in [7, 11) is 0. The van der Waals surface area contributed by atoms with Crippen LogP contribution in [0.3, 0.4) is 0 Å². The standard InChI is InChI=1S/C13H9BrClF2N/c14-10-2-1-3-12(17)13(10)18-7-8-4-5-9(16)6-11(8)15/h1-6,18H,7H2. The summed E-state index contributed by atoms with van der Waals surface area (Å²) in [5.74, 6) is -0.751. The molecule has 0 aliphatic rings. The zero-order valence-electron chi connectivity index (χ0n) is 9.18. The van der Waals surface area contributed by atoms with Gasteiger partial charge in [-0.15, -0.1) is 0 Å². The quantitative estimate of drug-likeness (QED) is 0.834. The van der Waals surface area contributed by atoms with Crippen molar-refractivity contribution in [3.8, 4) is 0 Å². The van der Waals surface area contributed by atoms with Crippen LogP contribution in [0.1, 0.15) is 5.56 Å². The van der Waals surface area contributed by atoms with Gasteiger partial charge in [0, 0.05) is 16.0 Å². The lowest BCUT2D eigenvalue weighted by atomic mass is 10.2. The summed E-state index contributed by atoms with van der Waals surface area (Å²) in [5.41, 5.74) is 1.06. The first-order valence-electron chi connectivity index (χ1n) is 5.20. The van der Waals surface area contributed by atoms with Crippen LogP contribution in [-0.4, -0.2) is 0 Å². The van der Waals surface area contributed by atoms with Crippen molar-refractivity contribution in [2.24, 2.45) is 0 Å². The van der Waals surface area contributed by atoms with E-state index in [-0.39, 0.29) is 5.82 Å². The molecule has 0 aliphatic carbocycles. The van der Waals surface area contributed by atoms with Crippen LogP contribution in [0.25, 0.3) is 0 Å². The third kappa shape index (κ3) is 3.00. The van der Waals surface area contributed by atoms with Gasteiger partial charge in [-0.1, -0.05) is 23.7 Å². The van der Waals surface area contributed by atoms with Crippen LogP contribution < -0.4 is 5.32 Å². The molecule has 5 heteroatoms. The summed E-state index contributed by atoms with van der Waals surface area (Å²) >= 11 is 9.15. The van der Waals surface area contributed by atoms with Crippen LogP contribution in [0.5, 0.6) is 0 Å². The van der Waals surface area contributed by atoms with Gasteiger partial charge >= 0.3 is 0 Å². The van der Waals surface area contributed by atoms with E-state index >= 15 is 0 Å². The van der Waals surface area contributed by atoms with Gasteiger partial charge in [-0.05, 0) is 45.8 Å². The third-order valence-corrected chi connectivity index (χ3v) is 3.45. The van der Waals surface area contributed by atoms with E-state index in [1.54, 1.807) is 18.2 Å². The third-order valence-electron chi connectivity index (χ3n) is 2.43. The molecule has 0 bridgehead atoms. The molecule has 0 spiro atoms. The predicted octanol–water partition coefficient (Wildman–Crippen LogP) is 4.99. The lowest BCUT2D eigenvalue weighted by Gasteiger charge is -2.10. The summed E-state index contributed by atoms with van der Waals surface area (Å²) in [6, 6.07) is 8.82. The molecule has 0 fully saturated rings. The number of halogens is 4. The Kier molecular flexibility index (Phi) is 4.19. The number of hydrogen-bond acceptors (Lipinski definition) is 1. The second kappa shape index (κ2) is 5.67. The van der Waals surface area contributed by atoms with Crippen LogP contribution in [0.4, 0.5) is 14.5 Å². The van der Waals surface area contributed by atoms with E-state index in [9.17, 15) is 8.78 Å². The molecule has 1 N–H and O–H groups in total. The highest BCUT2D eigenvalue weighted by molar-refractivity contribution is 9.10. The summed E-state index contributed by atoms with van der Waals surface area (Å²) in [5, 5.41) is 3.24. The monoisotopic (exact) mass is 331 g/mol. The zero-order chi connectivity index (χ0) is 13.1. The van der Waals surface area contributed by atoms with Crippen LogP contribution in [0, 0.1) is 11.6 Å². The first kappa shape index (κ1) is 13.3. The minimum absolute atomic E-state index is 0.315. The van der Waals surface area contributed by atoms with Crippen molar-refractivity contribution in [1.29, 1.82) is 0 Å². The Balaban J connectivity index is 2.16. The van der Waals surface area contributed by atoms with Crippen molar-refractivity contribution in [2.75, 3.05) is 5.32 Å². The number of para-hydroxylation sites is 1. The highest BCUT2D eigenvalue weighted by Crippen LogP contribution is 2.26. The molecule has 1 nitrogen and oxygen atoms in total. The molecule has 2 aromatic carbocycles. The molecule has 94 valence electrons. The number of anilines is 1. The fourth-order valence-corrected chi connectivity index (χ4v) is 2.23. The molecule has 0 radical (unpaired) electrons. The van der Waals surface area contributed by atoms with Crippen molar-refractivity contribution in [1.82, 2.24) is 0 Å². The van der Waals surface area contributed by atoms with Crippen molar-refractivity contribution >= 4 is 33.2 Å². The molecule has 2 rings (SSSR count). The van der Waals surface area contributed by atoms with Crippen LogP contribution in [-0.2, 0) is 6.54 Å². The van der Waals surface area contributed by atoms with E-state index in [1.807, 2.05) is 0 Å². The van der Waals surface area contributed by atoms with E-state index in [2.05, 4.69) is 21.2 Å². The largest absolute Gasteiger partial charge is 0.378 e. The van der Waals surface area contributed by atoms with E-state index < -0.39 is 5.82 Å². The zero-order valence-corrected chi connectivity index (χ0v) is 11.5. The Hall–Kier alpha value is -1.13. The molecule has 0 unspecified atom stereocenters. The van der Waals surface area contributed by atoms with Gasteiger partial charge in [-0.3, -0.25) is 0 Å². The Labute approximate surface area is 117 Å². The molecule has 0 amide bonds. The lowest BCUT2D eigenvalue weighted by Crippen LogP contribution is -2.03. The molecular weight excluding hydrogens is 324 g/mol. The lowest BCUT2D eigenvalue weighted by molar-refractivity contribution is 0.626. The van der Waals surface area contributed by atoms with Crippen molar-refractivity contribution in [3.05, 3.63) is 63.1 Å². The summed E-state index contributed by atoms with van der Waals surface area (Å²) < 4.78 is 27.0. The van der Waals surface area contributed by atoms with E-state index in [1.165, 1.54) is 18.2 Å². The van der Waals surface area contributed by atoms with E-state index in [0.29, 0.717) is 27.3 Å². The second-order valence-corrected chi connectivity index (χ2v) is 4.95. The normalized spacial score (nSPS) is 10.4. The maximum atomic E-state index is 13.5. The van der Waals surface area contributed by atoms with Gasteiger partial charge in [-0.2, -0.15) is 0 Å². The average Bonchev–Trinajstić information content (AvgIpc) is 2.31.